The van der Waals surface area contributed by atoms with Crippen molar-refractivity contribution in [2.75, 3.05) is 26.2 Å². The van der Waals surface area contributed by atoms with E-state index in [2.05, 4.69) is 6.58 Å². The quantitative estimate of drug-likeness (QED) is 0.427. The molecular weight excluding hydrogens is 451 g/mol. The number of amides is 2. The van der Waals surface area contributed by atoms with Gasteiger partial charge in [0.2, 0.25) is 5.91 Å². The summed E-state index contributed by atoms with van der Waals surface area (Å²) in [4.78, 5) is 31.1. The summed E-state index contributed by atoms with van der Waals surface area (Å²) < 4.78 is 19.2. The van der Waals surface area contributed by atoms with Crippen LogP contribution < -0.4 is 4.74 Å². The Labute approximate surface area is 203 Å². The highest BCUT2D eigenvalue weighted by molar-refractivity contribution is 7.10. The lowest BCUT2D eigenvalue weighted by Gasteiger charge is -2.37. The van der Waals surface area contributed by atoms with Gasteiger partial charge < -0.3 is 14.5 Å². The minimum atomic E-state index is -0.331. The molecule has 2 aromatic carbocycles. The Morgan fingerprint density at radius 2 is 1.91 bits per heavy atom. The van der Waals surface area contributed by atoms with Crippen LogP contribution in [0.4, 0.5) is 4.39 Å². The van der Waals surface area contributed by atoms with Crippen molar-refractivity contribution in [3.63, 3.8) is 0 Å². The Morgan fingerprint density at radius 1 is 1.18 bits per heavy atom. The molecule has 0 unspecified atom stereocenters. The number of hydrogen-bond donors (Lipinski definition) is 0. The maximum absolute atomic E-state index is 13.5. The summed E-state index contributed by atoms with van der Waals surface area (Å²) in [6.45, 7) is 6.72. The van der Waals surface area contributed by atoms with Crippen LogP contribution >= 0.6 is 11.3 Å². The maximum atomic E-state index is 13.5. The van der Waals surface area contributed by atoms with E-state index in [-0.39, 0.29) is 43.4 Å². The smallest absolute Gasteiger partial charge is 0.254 e. The normalized spacial score (nSPS) is 14.9. The Balaban J connectivity index is 1.51. The van der Waals surface area contributed by atoms with E-state index >= 15 is 0 Å². The van der Waals surface area contributed by atoms with Gasteiger partial charge in [0.05, 0.1) is 6.04 Å². The number of carbonyl (C=O) groups is 2. The standard InChI is InChI=1S/C27H27FN2O3S/c1-3-14-29(27(32)20-6-4-19(2)5-7-20)17-26(31)30-15-12-25-23(13-16-34-25)24(30)18-33-22-10-8-21(28)9-11-22/h3-11,13,16,24H,1,12,14-15,17-18H2,2H3/t24-/m0/s1. The van der Waals surface area contributed by atoms with E-state index in [9.17, 15) is 14.0 Å². The summed E-state index contributed by atoms with van der Waals surface area (Å²) in [7, 11) is 0. The third-order valence-electron chi connectivity index (χ3n) is 5.90. The van der Waals surface area contributed by atoms with E-state index in [1.165, 1.54) is 21.9 Å². The van der Waals surface area contributed by atoms with Gasteiger partial charge in [0, 0.05) is 23.5 Å². The topological polar surface area (TPSA) is 49.9 Å². The van der Waals surface area contributed by atoms with Crippen LogP contribution in [0.25, 0.3) is 0 Å². The molecule has 7 heteroatoms. The van der Waals surface area contributed by atoms with E-state index in [1.807, 2.05) is 30.5 Å². The van der Waals surface area contributed by atoms with Crippen molar-refractivity contribution in [2.45, 2.75) is 19.4 Å². The molecule has 0 saturated heterocycles. The fourth-order valence-corrected chi connectivity index (χ4v) is 5.02. The van der Waals surface area contributed by atoms with E-state index in [0.717, 1.165) is 17.5 Å². The number of rotatable bonds is 8. The fraction of sp³-hybridized carbons (Fsp3) is 0.259. The van der Waals surface area contributed by atoms with Gasteiger partial charge in [0.15, 0.2) is 0 Å². The first-order chi connectivity index (χ1) is 16.5. The number of aryl methyl sites for hydroxylation is 1. The average molecular weight is 479 g/mol. The molecule has 1 aromatic heterocycles. The molecule has 34 heavy (non-hydrogen) atoms. The summed E-state index contributed by atoms with van der Waals surface area (Å²) in [5, 5.41) is 2.02. The molecule has 4 rings (SSSR count). The van der Waals surface area contributed by atoms with Crippen LogP contribution in [0.3, 0.4) is 0 Å². The lowest BCUT2D eigenvalue weighted by molar-refractivity contribution is -0.135. The molecule has 0 radical (unpaired) electrons. The zero-order chi connectivity index (χ0) is 24.1. The average Bonchev–Trinajstić information content (AvgIpc) is 3.32. The van der Waals surface area contributed by atoms with Crippen molar-refractivity contribution in [2.24, 2.45) is 0 Å². The van der Waals surface area contributed by atoms with Crippen LogP contribution in [-0.2, 0) is 11.2 Å². The van der Waals surface area contributed by atoms with Gasteiger partial charge in [-0.3, -0.25) is 9.59 Å². The van der Waals surface area contributed by atoms with Gasteiger partial charge in [-0.2, -0.15) is 0 Å². The van der Waals surface area contributed by atoms with Crippen LogP contribution in [0.1, 0.15) is 32.4 Å². The highest BCUT2D eigenvalue weighted by Crippen LogP contribution is 2.34. The Morgan fingerprint density at radius 3 is 2.62 bits per heavy atom. The van der Waals surface area contributed by atoms with Crippen molar-refractivity contribution in [3.05, 3.63) is 100 Å². The SMILES string of the molecule is C=CCN(CC(=O)N1CCc2sccc2[C@@H]1COc1ccc(F)cc1)C(=O)c1ccc(C)cc1. The van der Waals surface area contributed by atoms with Gasteiger partial charge in [0.25, 0.3) is 5.91 Å². The molecule has 0 fully saturated rings. The monoisotopic (exact) mass is 478 g/mol. The van der Waals surface area contributed by atoms with Gasteiger partial charge in [-0.25, -0.2) is 4.39 Å². The number of carbonyl (C=O) groups excluding carboxylic acids is 2. The van der Waals surface area contributed by atoms with E-state index in [4.69, 9.17) is 4.74 Å². The van der Waals surface area contributed by atoms with Gasteiger partial charge in [-0.05, 0) is 66.8 Å². The molecule has 2 amide bonds. The first-order valence-corrected chi connectivity index (χ1v) is 12.0. The lowest BCUT2D eigenvalue weighted by Crippen LogP contribution is -2.47. The maximum Gasteiger partial charge on any atom is 0.254 e. The second-order valence-corrected chi connectivity index (χ2v) is 9.26. The van der Waals surface area contributed by atoms with Crippen molar-refractivity contribution < 1.29 is 18.7 Å². The van der Waals surface area contributed by atoms with Crippen LogP contribution in [0, 0.1) is 12.7 Å². The number of hydrogen-bond acceptors (Lipinski definition) is 4. The zero-order valence-electron chi connectivity index (χ0n) is 19.1. The molecule has 0 N–H and O–H groups in total. The van der Waals surface area contributed by atoms with Crippen molar-refractivity contribution in [1.82, 2.24) is 9.80 Å². The van der Waals surface area contributed by atoms with Crippen LogP contribution in [0.5, 0.6) is 5.75 Å². The second kappa shape index (κ2) is 10.7. The zero-order valence-corrected chi connectivity index (χ0v) is 19.9. The summed E-state index contributed by atoms with van der Waals surface area (Å²) in [5.74, 6) is -0.144. The number of ether oxygens (including phenoxy) is 1. The molecular formula is C27H27FN2O3S. The fourth-order valence-electron chi connectivity index (χ4n) is 4.09. The Kier molecular flexibility index (Phi) is 7.43. The lowest BCUT2D eigenvalue weighted by atomic mass is 10.0. The summed E-state index contributed by atoms with van der Waals surface area (Å²) >= 11 is 1.67. The molecule has 176 valence electrons. The van der Waals surface area contributed by atoms with Crippen LogP contribution in [0.2, 0.25) is 0 Å². The summed E-state index contributed by atoms with van der Waals surface area (Å²) in [5.41, 5.74) is 2.66. The van der Waals surface area contributed by atoms with E-state index < -0.39 is 0 Å². The third kappa shape index (κ3) is 5.37. The summed E-state index contributed by atoms with van der Waals surface area (Å²) in [6, 6.07) is 14.9. The molecule has 0 saturated carbocycles. The predicted molar refractivity (Wildman–Crippen MR) is 132 cm³/mol. The van der Waals surface area contributed by atoms with Gasteiger partial charge in [-0.1, -0.05) is 23.8 Å². The van der Waals surface area contributed by atoms with E-state index in [1.54, 1.807) is 46.6 Å². The number of fused-ring (bicyclic) bond motifs is 1. The minimum Gasteiger partial charge on any atom is -0.491 e. The highest BCUT2D eigenvalue weighted by Gasteiger charge is 2.33. The molecule has 5 nitrogen and oxygen atoms in total. The van der Waals surface area contributed by atoms with Gasteiger partial charge in [0.1, 0.15) is 24.7 Å². The molecule has 1 atom stereocenters. The second-order valence-electron chi connectivity index (χ2n) is 8.26. The van der Waals surface area contributed by atoms with Crippen LogP contribution in [-0.4, -0.2) is 47.9 Å². The largest absolute Gasteiger partial charge is 0.491 e. The predicted octanol–water partition coefficient (Wildman–Crippen LogP) is 5.03. The number of benzene rings is 2. The van der Waals surface area contributed by atoms with E-state index in [0.29, 0.717) is 17.9 Å². The summed E-state index contributed by atoms with van der Waals surface area (Å²) in [6.07, 6.45) is 2.39. The first kappa shape index (κ1) is 23.7. The minimum absolute atomic E-state index is 0.0503. The molecule has 1 aliphatic rings. The molecule has 2 heterocycles. The molecule has 0 aliphatic carbocycles. The number of halogens is 1. The highest BCUT2D eigenvalue weighted by atomic mass is 32.1. The van der Waals surface area contributed by atoms with Crippen molar-refractivity contribution in [1.29, 1.82) is 0 Å². The van der Waals surface area contributed by atoms with Crippen LogP contribution in [0.15, 0.2) is 72.6 Å². The first-order valence-electron chi connectivity index (χ1n) is 11.2. The molecule has 0 bridgehead atoms. The molecule has 3 aromatic rings. The number of thiophene rings is 1. The van der Waals surface area contributed by atoms with Gasteiger partial charge in [-0.15, -0.1) is 17.9 Å². The number of nitrogens with zero attached hydrogens (tertiary/aromatic N) is 2. The third-order valence-corrected chi connectivity index (χ3v) is 6.89. The van der Waals surface area contributed by atoms with Crippen molar-refractivity contribution in [3.8, 4) is 5.75 Å². The molecule has 1 aliphatic heterocycles. The Hall–Kier alpha value is -3.45. The molecule has 0 spiro atoms. The van der Waals surface area contributed by atoms with Gasteiger partial charge >= 0.3 is 0 Å². The Bertz CT molecular complexity index is 1160. The van der Waals surface area contributed by atoms with Crippen molar-refractivity contribution >= 4 is 23.2 Å².